The van der Waals surface area contributed by atoms with Crippen molar-refractivity contribution in [1.29, 1.82) is 0 Å². The van der Waals surface area contributed by atoms with Crippen molar-refractivity contribution in [2.75, 3.05) is 26.6 Å². The zero-order valence-corrected chi connectivity index (χ0v) is 17.3. The predicted octanol–water partition coefficient (Wildman–Crippen LogP) is 4.01. The maximum atomic E-state index is 11.1. The molecule has 8 nitrogen and oxygen atoms in total. The van der Waals surface area contributed by atoms with Crippen molar-refractivity contribution in [2.24, 2.45) is 0 Å². The van der Waals surface area contributed by atoms with Gasteiger partial charge in [-0.2, -0.15) is 0 Å². The number of aromatic nitrogens is 2. The van der Waals surface area contributed by atoms with Gasteiger partial charge in [0.2, 0.25) is 23.4 Å². The monoisotopic (exact) mass is 415 g/mol. The molecule has 1 amide bonds. The number of nitrogens with zero attached hydrogens (tertiary/aromatic N) is 2. The molecule has 2 aromatic carbocycles. The molecular weight excluding hydrogens is 394 g/mol. The number of amides is 1. The van der Waals surface area contributed by atoms with Gasteiger partial charge in [0.25, 0.3) is 0 Å². The van der Waals surface area contributed by atoms with Crippen LogP contribution >= 0.6 is 11.8 Å². The number of benzene rings is 2. The highest BCUT2D eigenvalue weighted by Crippen LogP contribution is 2.41. The minimum absolute atomic E-state index is 0.101. The number of thioether (sulfide) groups is 1. The van der Waals surface area contributed by atoms with E-state index in [1.54, 1.807) is 45.2 Å². The van der Waals surface area contributed by atoms with Crippen LogP contribution in [0.2, 0.25) is 0 Å². The quantitative estimate of drug-likeness (QED) is 0.551. The van der Waals surface area contributed by atoms with Gasteiger partial charge < -0.3 is 23.9 Å². The van der Waals surface area contributed by atoms with E-state index in [9.17, 15) is 4.79 Å². The fourth-order valence-electron chi connectivity index (χ4n) is 2.62. The lowest BCUT2D eigenvalue weighted by Gasteiger charge is -2.12. The van der Waals surface area contributed by atoms with Crippen LogP contribution in [0.3, 0.4) is 0 Å². The Morgan fingerprint density at radius 3 is 2.24 bits per heavy atom. The average Bonchev–Trinajstić information content (AvgIpc) is 3.20. The van der Waals surface area contributed by atoms with Gasteiger partial charge in [0.15, 0.2) is 11.5 Å². The largest absolute Gasteiger partial charge is 0.493 e. The Balaban J connectivity index is 1.72. The Kier molecular flexibility index (Phi) is 6.61. The number of hydrogen-bond acceptors (Lipinski definition) is 8. The standard InChI is InChI=1S/C20H21N3O5S/c1-12(24)21-14-5-7-15(8-6-14)29-11-18-22-23-20(28-18)13-9-16(25-2)19(27-4)17(10-13)26-3/h5-10H,11H2,1-4H3,(H,21,24). The summed E-state index contributed by atoms with van der Waals surface area (Å²) in [6.07, 6.45) is 0. The van der Waals surface area contributed by atoms with E-state index in [0.717, 1.165) is 10.6 Å². The predicted molar refractivity (Wildman–Crippen MR) is 110 cm³/mol. The summed E-state index contributed by atoms with van der Waals surface area (Å²) in [5.74, 6) is 2.78. The fraction of sp³-hybridized carbons (Fsp3) is 0.250. The maximum Gasteiger partial charge on any atom is 0.248 e. The molecule has 0 atom stereocenters. The van der Waals surface area contributed by atoms with Gasteiger partial charge in [-0.25, -0.2) is 0 Å². The first-order valence-electron chi connectivity index (χ1n) is 8.67. The average molecular weight is 415 g/mol. The van der Waals surface area contributed by atoms with E-state index < -0.39 is 0 Å². The van der Waals surface area contributed by atoms with E-state index in [0.29, 0.717) is 40.3 Å². The van der Waals surface area contributed by atoms with Crippen LogP contribution in [-0.4, -0.2) is 37.4 Å². The number of hydrogen-bond donors (Lipinski definition) is 1. The van der Waals surface area contributed by atoms with Gasteiger partial charge in [-0.15, -0.1) is 22.0 Å². The first-order chi connectivity index (χ1) is 14.0. The Labute approximate surface area is 172 Å². The molecule has 1 N–H and O–H groups in total. The number of carbonyl (C=O) groups is 1. The van der Waals surface area contributed by atoms with Crippen LogP contribution in [0, 0.1) is 0 Å². The zero-order valence-electron chi connectivity index (χ0n) is 16.5. The molecule has 0 saturated carbocycles. The SMILES string of the molecule is COc1cc(-c2nnc(CSc3ccc(NC(C)=O)cc3)o2)cc(OC)c1OC. The molecule has 0 saturated heterocycles. The van der Waals surface area contributed by atoms with Crippen LogP contribution < -0.4 is 19.5 Å². The number of anilines is 1. The van der Waals surface area contributed by atoms with Gasteiger partial charge in [-0.3, -0.25) is 4.79 Å². The molecule has 9 heteroatoms. The second kappa shape index (κ2) is 9.33. The van der Waals surface area contributed by atoms with Gasteiger partial charge in [-0.05, 0) is 36.4 Å². The first-order valence-corrected chi connectivity index (χ1v) is 9.65. The summed E-state index contributed by atoms with van der Waals surface area (Å²) < 4.78 is 21.8. The molecule has 0 unspecified atom stereocenters. The fourth-order valence-corrected chi connectivity index (χ4v) is 3.35. The minimum atomic E-state index is -0.101. The molecular formula is C20H21N3O5S. The molecule has 1 aromatic heterocycles. The molecule has 0 aliphatic carbocycles. The summed E-state index contributed by atoms with van der Waals surface area (Å²) in [5, 5.41) is 11.0. The number of carbonyl (C=O) groups excluding carboxylic acids is 1. The van der Waals surface area contributed by atoms with Crippen LogP contribution in [0.25, 0.3) is 11.5 Å². The number of nitrogens with one attached hydrogen (secondary N) is 1. The molecule has 1 heterocycles. The second-order valence-corrected chi connectivity index (χ2v) is 6.96. The van der Waals surface area contributed by atoms with Crippen molar-refractivity contribution in [3.05, 3.63) is 42.3 Å². The molecule has 0 aliphatic rings. The molecule has 0 aliphatic heterocycles. The van der Waals surface area contributed by atoms with Crippen molar-refractivity contribution in [1.82, 2.24) is 10.2 Å². The summed E-state index contributed by atoms with van der Waals surface area (Å²) in [5.41, 5.74) is 1.42. The topological polar surface area (TPSA) is 95.7 Å². The smallest absolute Gasteiger partial charge is 0.248 e. The Hall–Kier alpha value is -3.20. The highest BCUT2D eigenvalue weighted by molar-refractivity contribution is 7.98. The molecule has 0 fully saturated rings. The van der Waals surface area contributed by atoms with Gasteiger partial charge >= 0.3 is 0 Å². The molecule has 29 heavy (non-hydrogen) atoms. The van der Waals surface area contributed by atoms with E-state index >= 15 is 0 Å². The zero-order chi connectivity index (χ0) is 20.8. The lowest BCUT2D eigenvalue weighted by atomic mass is 10.2. The third kappa shape index (κ3) is 5.00. The van der Waals surface area contributed by atoms with E-state index in [-0.39, 0.29) is 5.91 Å². The van der Waals surface area contributed by atoms with Crippen LogP contribution in [0.15, 0.2) is 45.7 Å². The summed E-state index contributed by atoms with van der Waals surface area (Å²) in [6, 6.07) is 11.1. The molecule has 3 rings (SSSR count). The highest BCUT2D eigenvalue weighted by Gasteiger charge is 2.17. The van der Waals surface area contributed by atoms with Crippen LogP contribution in [0.4, 0.5) is 5.69 Å². The van der Waals surface area contributed by atoms with Gasteiger partial charge in [0.05, 0.1) is 27.1 Å². The summed E-state index contributed by atoms with van der Waals surface area (Å²) in [6.45, 7) is 1.48. The van der Waals surface area contributed by atoms with Crippen molar-refractivity contribution < 1.29 is 23.4 Å². The van der Waals surface area contributed by atoms with Crippen LogP contribution in [-0.2, 0) is 10.5 Å². The number of methoxy groups -OCH3 is 3. The van der Waals surface area contributed by atoms with E-state index in [1.807, 2.05) is 24.3 Å². The Morgan fingerprint density at radius 1 is 1.03 bits per heavy atom. The maximum absolute atomic E-state index is 11.1. The molecule has 0 spiro atoms. The Morgan fingerprint density at radius 2 is 1.69 bits per heavy atom. The Bertz CT molecular complexity index is 963. The van der Waals surface area contributed by atoms with Gasteiger partial charge in [0.1, 0.15) is 0 Å². The molecule has 152 valence electrons. The number of ether oxygens (including phenoxy) is 3. The van der Waals surface area contributed by atoms with Crippen molar-refractivity contribution >= 4 is 23.4 Å². The van der Waals surface area contributed by atoms with Crippen molar-refractivity contribution in [3.8, 4) is 28.7 Å². The minimum Gasteiger partial charge on any atom is -0.493 e. The van der Waals surface area contributed by atoms with Crippen molar-refractivity contribution in [2.45, 2.75) is 17.6 Å². The highest BCUT2D eigenvalue weighted by atomic mass is 32.2. The lowest BCUT2D eigenvalue weighted by Crippen LogP contribution is -2.05. The molecule has 0 bridgehead atoms. The van der Waals surface area contributed by atoms with E-state index in [4.69, 9.17) is 18.6 Å². The van der Waals surface area contributed by atoms with E-state index in [1.165, 1.54) is 6.92 Å². The summed E-state index contributed by atoms with van der Waals surface area (Å²) >= 11 is 1.55. The summed E-state index contributed by atoms with van der Waals surface area (Å²) in [7, 11) is 4.65. The normalized spacial score (nSPS) is 10.5. The van der Waals surface area contributed by atoms with Gasteiger partial charge in [-0.1, -0.05) is 0 Å². The van der Waals surface area contributed by atoms with E-state index in [2.05, 4.69) is 15.5 Å². The van der Waals surface area contributed by atoms with Crippen molar-refractivity contribution in [3.63, 3.8) is 0 Å². The van der Waals surface area contributed by atoms with Gasteiger partial charge in [0, 0.05) is 23.1 Å². The molecule has 0 radical (unpaired) electrons. The summed E-state index contributed by atoms with van der Waals surface area (Å²) in [4.78, 5) is 12.1. The third-order valence-electron chi connectivity index (χ3n) is 3.92. The second-order valence-electron chi connectivity index (χ2n) is 5.91. The first kappa shape index (κ1) is 20.5. The lowest BCUT2D eigenvalue weighted by molar-refractivity contribution is -0.114. The number of rotatable bonds is 8. The molecule has 3 aromatic rings. The third-order valence-corrected chi connectivity index (χ3v) is 4.91. The van der Waals surface area contributed by atoms with Crippen LogP contribution in [0.1, 0.15) is 12.8 Å². The van der Waals surface area contributed by atoms with Crippen LogP contribution in [0.5, 0.6) is 17.2 Å².